The van der Waals surface area contributed by atoms with E-state index < -0.39 is 0 Å². The molecule has 116 valence electrons. The molecule has 2 N–H and O–H groups in total. The molecule has 1 saturated heterocycles. The number of carbonyl (C=O) groups excluding carboxylic acids is 1. The minimum absolute atomic E-state index is 0.0182. The lowest BCUT2D eigenvalue weighted by Crippen LogP contribution is -2.50. The first kappa shape index (κ1) is 15.8. The van der Waals surface area contributed by atoms with E-state index in [9.17, 15) is 9.90 Å². The van der Waals surface area contributed by atoms with Crippen LogP contribution in [0.2, 0.25) is 0 Å². The van der Waals surface area contributed by atoms with Crippen LogP contribution in [0.4, 0.5) is 5.69 Å². The quantitative estimate of drug-likeness (QED) is 0.837. The largest absolute Gasteiger partial charge is 0.497 e. The van der Waals surface area contributed by atoms with E-state index >= 15 is 0 Å². The van der Waals surface area contributed by atoms with Gasteiger partial charge >= 0.3 is 0 Å². The van der Waals surface area contributed by atoms with E-state index in [1.165, 1.54) is 0 Å². The van der Waals surface area contributed by atoms with E-state index in [0.717, 1.165) is 11.4 Å². The van der Waals surface area contributed by atoms with Gasteiger partial charge in [-0.05, 0) is 31.2 Å². The van der Waals surface area contributed by atoms with Crippen LogP contribution in [-0.2, 0) is 9.53 Å². The zero-order chi connectivity index (χ0) is 15.2. The predicted octanol–water partition coefficient (Wildman–Crippen LogP) is 0.715. The first-order valence-corrected chi connectivity index (χ1v) is 7.03. The van der Waals surface area contributed by atoms with Crippen LogP contribution in [0.15, 0.2) is 24.3 Å². The highest BCUT2D eigenvalue weighted by molar-refractivity contribution is 5.92. The van der Waals surface area contributed by atoms with Crippen molar-refractivity contribution in [2.24, 2.45) is 0 Å². The third kappa shape index (κ3) is 4.70. The summed E-state index contributed by atoms with van der Waals surface area (Å²) < 4.78 is 10.6. The number of methoxy groups -OCH3 is 1. The second-order valence-electron chi connectivity index (χ2n) is 5.22. The Morgan fingerprint density at radius 2 is 2.14 bits per heavy atom. The maximum absolute atomic E-state index is 12.0. The number of benzene rings is 1. The Morgan fingerprint density at radius 3 is 2.76 bits per heavy atom. The number of aliphatic hydroxyl groups is 1. The van der Waals surface area contributed by atoms with Crippen LogP contribution in [0.3, 0.4) is 0 Å². The molecule has 1 aromatic carbocycles. The summed E-state index contributed by atoms with van der Waals surface area (Å²) in [6.45, 7) is 3.46. The fourth-order valence-corrected chi connectivity index (χ4v) is 2.45. The third-order valence-electron chi connectivity index (χ3n) is 3.35. The van der Waals surface area contributed by atoms with E-state index in [1.807, 2.05) is 11.8 Å². The van der Waals surface area contributed by atoms with Crippen molar-refractivity contribution in [1.82, 2.24) is 4.90 Å². The van der Waals surface area contributed by atoms with Crippen molar-refractivity contribution in [3.05, 3.63) is 24.3 Å². The first-order valence-electron chi connectivity index (χ1n) is 7.03. The lowest BCUT2D eigenvalue weighted by Gasteiger charge is -2.35. The Balaban J connectivity index is 1.85. The lowest BCUT2D eigenvalue weighted by atomic mass is 10.2. The molecule has 6 nitrogen and oxygen atoms in total. The van der Waals surface area contributed by atoms with E-state index in [4.69, 9.17) is 9.47 Å². The third-order valence-corrected chi connectivity index (χ3v) is 3.35. The number of hydrogen-bond donors (Lipinski definition) is 2. The molecule has 0 spiro atoms. The summed E-state index contributed by atoms with van der Waals surface area (Å²) in [7, 11) is 1.60. The van der Waals surface area contributed by atoms with Gasteiger partial charge in [0.25, 0.3) is 0 Å². The average molecular weight is 294 g/mol. The molecule has 1 heterocycles. The Kier molecular flexibility index (Phi) is 5.55. The number of hydrogen-bond acceptors (Lipinski definition) is 5. The molecule has 0 radical (unpaired) electrons. The molecular weight excluding hydrogens is 272 g/mol. The fraction of sp³-hybridized carbons (Fsp3) is 0.533. The van der Waals surface area contributed by atoms with Gasteiger partial charge in [-0.2, -0.15) is 0 Å². The minimum atomic E-state index is -0.220. The smallest absolute Gasteiger partial charge is 0.238 e. The van der Waals surface area contributed by atoms with Gasteiger partial charge in [0.2, 0.25) is 5.91 Å². The molecule has 1 aliphatic rings. The average Bonchev–Trinajstić information content (AvgIpc) is 2.47. The number of rotatable bonds is 5. The molecule has 0 aliphatic carbocycles. The normalized spacial score (nSPS) is 22.8. The summed E-state index contributed by atoms with van der Waals surface area (Å²) in [5.41, 5.74) is 0.737. The molecule has 1 amide bonds. The highest BCUT2D eigenvalue weighted by Crippen LogP contribution is 2.15. The molecule has 0 bridgehead atoms. The Bertz CT molecular complexity index is 463. The van der Waals surface area contributed by atoms with E-state index in [-0.39, 0.29) is 31.3 Å². The number of ether oxygens (including phenoxy) is 2. The molecule has 0 saturated carbocycles. The number of anilines is 1. The Hall–Kier alpha value is -1.63. The van der Waals surface area contributed by atoms with Crippen molar-refractivity contribution in [3.8, 4) is 5.75 Å². The number of carbonyl (C=O) groups is 1. The van der Waals surface area contributed by atoms with Gasteiger partial charge in [0, 0.05) is 18.8 Å². The van der Waals surface area contributed by atoms with Crippen LogP contribution >= 0.6 is 0 Å². The minimum Gasteiger partial charge on any atom is -0.497 e. The van der Waals surface area contributed by atoms with Crippen LogP contribution in [0.5, 0.6) is 5.75 Å². The van der Waals surface area contributed by atoms with Crippen molar-refractivity contribution in [1.29, 1.82) is 0 Å². The van der Waals surface area contributed by atoms with E-state index in [0.29, 0.717) is 13.1 Å². The molecule has 1 aliphatic heterocycles. The summed E-state index contributed by atoms with van der Waals surface area (Å²) in [4.78, 5) is 14.0. The van der Waals surface area contributed by atoms with Crippen LogP contribution in [0, 0.1) is 0 Å². The van der Waals surface area contributed by atoms with Crippen LogP contribution < -0.4 is 10.1 Å². The lowest BCUT2D eigenvalue weighted by molar-refractivity contribution is -0.124. The van der Waals surface area contributed by atoms with Crippen molar-refractivity contribution in [3.63, 3.8) is 0 Å². The summed E-state index contributed by atoms with van der Waals surface area (Å²) in [6.07, 6.45) is -0.202. The monoisotopic (exact) mass is 294 g/mol. The molecular formula is C15H22N2O4. The van der Waals surface area contributed by atoms with E-state index in [2.05, 4.69) is 5.32 Å². The Labute approximate surface area is 124 Å². The number of aliphatic hydroxyl groups excluding tert-OH is 1. The molecule has 0 aromatic heterocycles. The van der Waals surface area contributed by atoms with Crippen LogP contribution in [0.1, 0.15) is 6.92 Å². The summed E-state index contributed by atoms with van der Waals surface area (Å²) in [6, 6.07) is 7.20. The second-order valence-corrected chi connectivity index (χ2v) is 5.22. The van der Waals surface area contributed by atoms with Gasteiger partial charge in [-0.15, -0.1) is 0 Å². The highest BCUT2D eigenvalue weighted by Gasteiger charge is 2.25. The zero-order valence-electron chi connectivity index (χ0n) is 12.4. The number of nitrogens with zero attached hydrogens (tertiary/aromatic N) is 1. The first-order chi connectivity index (χ1) is 10.1. The molecule has 6 heteroatoms. The van der Waals surface area contributed by atoms with Gasteiger partial charge in [-0.25, -0.2) is 0 Å². The molecule has 2 atom stereocenters. The molecule has 1 fully saturated rings. The van der Waals surface area contributed by atoms with Gasteiger partial charge < -0.3 is 19.9 Å². The number of amides is 1. The summed E-state index contributed by atoms with van der Waals surface area (Å²) >= 11 is 0. The molecule has 2 rings (SSSR count). The topological polar surface area (TPSA) is 71.0 Å². The van der Waals surface area contributed by atoms with Gasteiger partial charge in [0.15, 0.2) is 0 Å². The number of morpholine rings is 1. The van der Waals surface area contributed by atoms with Gasteiger partial charge in [-0.3, -0.25) is 9.69 Å². The SMILES string of the molecule is COc1ccc(NC(=O)CN2CC(C)OC(CO)C2)cc1. The summed E-state index contributed by atoms with van der Waals surface area (Å²) in [5, 5.41) is 12.0. The van der Waals surface area contributed by atoms with Crippen molar-refractivity contribution in [2.75, 3.05) is 38.7 Å². The Morgan fingerprint density at radius 1 is 1.43 bits per heavy atom. The zero-order valence-corrected chi connectivity index (χ0v) is 12.4. The molecule has 1 aromatic rings. The van der Waals surface area contributed by atoms with Crippen LogP contribution in [0.25, 0.3) is 0 Å². The maximum Gasteiger partial charge on any atom is 0.238 e. The summed E-state index contributed by atoms with van der Waals surface area (Å²) in [5.74, 6) is 0.673. The predicted molar refractivity (Wildman–Crippen MR) is 79.5 cm³/mol. The van der Waals surface area contributed by atoms with E-state index in [1.54, 1.807) is 31.4 Å². The molecule has 21 heavy (non-hydrogen) atoms. The number of nitrogens with one attached hydrogen (secondary N) is 1. The maximum atomic E-state index is 12.0. The fourth-order valence-electron chi connectivity index (χ4n) is 2.45. The highest BCUT2D eigenvalue weighted by atomic mass is 16.5. The molecule has 2 unspecified atom stereocenters. The van der Waals surface area contributed by atoms with Gasteiger partial charge in [-0.1, -0.05) is 0 Å². The van der Waals surface area contributed by atoms with Gasteiger partial charge in [0.1, 0.15) is 5.75 Å². The van der Waals surface area contributed by atoms with Crippen molar-refractivity contribution in [2.45, 2.75) is 19.1 Å². The van der Waals surface area contributed by atoms with Gasteiger partial charge in [0.05, 0.1) is 32.5 Å². The second kappa shape index (κ2) is 7.40. The standard InChI is InChI=1S/C15H22N2O4/c1-11-7-17(8-14(10-18)21-11)9-15(19)16-12-3-5-13(20-2)6-4-12/h3-6,11,14,18H,7-10H2,1-2H3,(H,16,19). The van der Waals surface area contributed by atoms with Crippen LogP contribution in [-0.4, -0.2) is 61.5 Å². The van der Waals surface area contributed by atoms with Crippen molar-refractivity contribution < 1.29 is 19.4 Å². The van der Waals surface area contributed by atoms with Crippen molar-refractivity contribution >= 4 is 11.6 Å².